The molecule has 5 heteroatoms. The highest BCUT2D eigenvalue weighted by atomic mass is 16.4. The predicted octanol–water partition coefficient (Wildman–Crippen LogP) is 0.257. The van der Waals surface area contributed by atoms with E-state index in [1.54, 1.807) is 0 Å². The van der Waals surface area contributed by atoms with Crippen molar-refractivity contribution in [3.63, 3.8) is 0 Å². The molecule has 5 nitrogen and oxygen atoms in total. The van der Waals surface area contributed by atoms with Crippen LogP contribution < -0.4 is 10.6 Å². The van der Waals surface area contributed by atoms with Gasteiger partial charge in [-0.05, 0) is 18.9 Å². The zero-order valence-corrected chi connectivity index (χ0v) is 9.48. The number of fused-ring (bicyclic) bond motifs is 1. The average Bonchev–Trinajstić information content (AvgIpc) is 2.35. The molecule has 92 valence electrons. The molecule has 1 amide bonds. The van der Waals surface area contributed by atoms with Gasteiger partial charge in [-0.25, -0.2) is 0 Å². The summed E-state index contributed by atoms with van der Waals surface area (Å²) >= 11 is 0. The summed E-state index contributed by atoms with van der Waals surface area (Å²) in [6, 6.07) is 0. The van der Waals surface area contributed by atoms with Crippen LogP contribution in [0.4, 0.5) is 0 Å². The number of allylic oxidation sites excluding steroid dienone is 4. The Kier molecular flexibility index (Phi) is 3.46. The van der Waals surface area contributed by atoms with Crippen LogP contribution in [0.15, 0.2) is 23.9 Å². The molecule has 2 rings (SSSR count). The van der Waals surface area contributed by atoms with Crippen molar-refractivity contribution in [2.45, 2.75) is 12.8 Å². The minimum Gasteiger partial charge on any atom is -0.480 e. The number of hydrogen-bond acceptors (Lipinski definition) is 3. The maximum atomic E-state index is 11.7. The van der Waals surface area contributed by atoms with Crippen molar-refractivity contribution in [2.75, 3.05) is 13.1 Å². The van der Waals surface area contributed by atoms with E-state index in [1.807, 2.05) is 12.2 Å². The molecule has 0 saturated carbocycles. The van der Waals surface area contributed by atoms with Crippen LogP contribution in [0.3, 0.4) is 0 Å². The SMILES string of the molecule is O=C(O)CNC(=O)C1CNC2=CC=CCC2C1. The van der Waals surface area contributed by atoms with Gasteiger partial charge in [-0.2, -0.15) is 0 Å². The highest BCUT2D eigenvalue weighted by molar-refractivity contribution is 5.83. The second kappa shape index (κ2) is 5.03. The molecule has 1 fully saturated rings. The number of carboxylic acid groups (broad SMARTS) is 1. The summed E-state index contributed by atoms with van der Waals surface area (Å²) in [6.45, 7) is 0.282. The van der Waals surface area contributed by atoms with Gasteiger partial charge in [0.1, 0.15) is 6.54 Å². The van der Waals surface area contributed by atoms with Gasteiger partial charge >= 0.3 is 5.97 Å². The summed E-state index contributed by atoms with van der Waals surface area (Å²) in [4.78, 5) is 22.1. The second-order valence-corrected chi connectivity index (χ2v) is 4.41. The lowest BCUT2D eigenvalue weighted by molar-refractivity contribution is -0.138. The first-order valence-electron chi connectivity index (χ1n) is 5.77. The molecule has 0 radical (unpaired) electrons. The Morgan fingerprint density at radius 3 is 3.12 bits per heavy atom. The van der Waals surface area contributed by atoms with Crippen LogP contribution in [0.2, 0.25) is 0 Å². The molecule has 1 saturated heterocycles. The number of amides is 1. The Balaban J connectivity index is 1.88. The quantitative estimate of drug-likeness (QED) is 0.656. The maximum Gasteiger partial charge on any atom is 0.322 e. The van der Waals surface area contributed by atoms with E-state index < -0.39 is 5.97 Å². The standard InChI is InChI=1S/C12H16N2O3/c15-11(16)7-14-12(17)9-5-8-3-1-2-4-10(8)13-6-9/h1-2,4,8-9,13H,3,5-7H2,(H,14,17)(H,15,16). The fraction of sp³-hybridized carbons (Fsp3) is 0.500. The van der Waals surface area contributed by atoms with E-state index in [4.69, 9.17) is 5.11 Å². The molecular weight excluding hydrogens is 220 g/mol. The minimum atomic E-state index is -1.01. The molecule has 1 aliphatic carbocycles. The monoisotopic (exact) mass is 236 g/mol. The van der Waals surface area contributed by atoms with Crippen LogP contribution >= 0.6 is 0 Å². The maximum absolute atomic E-state index is 11.7. The smallest absolute Gasteiger partial charge is 0.322 e. The minimum absolute atomic E-state index is 0.136. The van der Waals surface area contributed by atoms with E-state index >= 15 is 0 Å². The Morgan fingerprint density at radius 2 is 2.35 bits per heavy atom. The van der Waals surface area contributed by atoms with Crippen molar-refractivity contribution < 1.29 is 14.7 Å². The molecule has 0 aromatic heterocycles. The average molecular weight is 236 g/mol. The number of hydrogen-bond donors (Lipinski definition) is 3. The molecule has 2 atom stereocenters. The van der Waals surface area contributed by atoms with E-state index in [-0.39, 0.29) is 18.4 Å². The second-order valence-electron chi connectivity index (χ2n) is 4.41. The number of aliphatic carboxylic acids is 1. The van der Waals surface area contributed by atoms with Crippen LogP contribution in [0.1, 0.15) is 12.8 Å². The van der Waals surface area contributed by atoms with Gasteiger partial charge in [0.25, 0.3) is 0 Å². The van der Waals surface area contributed by atoms with Gasteiger partial charge in [-0.1, -0.05) is 12.2 Å². The van der Waals surface area contributed by atoms with Crippen LogP contribution in [0, 0.1) is 11.8 Å². The normalized spacial score (nSPS) is 26.5. The molecule has 0 aromatic carbocycles. The van der Waals surface area contributed by atoms with Crippen molar-refractivity contribution in [3.05, 3.63) is 23.9 Å². The summed E-state index contributed by atoms with van der Waals surface area (Å²) in [6.07, 6.45) is 7.88. The summed E-state index contributed by atoms with van der Waals surface area (Å²) < 4.78 is 0. The molecule has 1 aliphatic heterocycles. The van der Waals surface area contributed by atoms with E-state index in [0.717, 1.165) is 12.8 Å². The third kappa shape index (κ3) is 2.87. The van der Waals surface area contributed by atoms with E-state index in [2.05, 4.69) is 16.7 Å². The zero-order chi connectivity index (χ0) is 12.3. The van der Waals surface area contributed by atoms with Gasteiger partial charge in [0, 0.05) is 18.2 Å². The van der Waals surface area contributed by atoms with Crippen molar-refractivity contribution in [1.29, 1.82) is 0 Å². The fourth-order valence-corrected chi connectivity index (χ4v) is 2.28. The largest absolute Gasteiger partial charge is 0.480 e. The lowest BCUT2D eigenvalue weighted by atomic mass is 9.83. The van der Waals surface area contributed by atoms with Gasteiger partial charge in [0.2, 0.25) is 5.91 Å². The van der Waals surface area contributed by atoms with Gasteiger partial charge in [-0.3, -0.25) is 9.59 Å². The summed E-state index contributed by atoms with van der Waals surface area (Å²) in [5.41, 5.74) is 1.19. The number of carbonyl (C=O) groups excluding carboxylic acids is 1. The van der Waals surface area contributed by atoms with Crippen molar-refractivity contribution in [1.82, 2.24) is 10.6 Å². The van der Waals surface area contributed by atoms with E-state index in [0.29, 0.717) is 12.5 Å². The third-order valence-corrected chi connectivity index (χ3v) is 3.18. The lowest BCUT2D eigenvalue weighted by Crippen LogP contribution is -2.44. The van der Waals surface area contributed by atoms with Gasteiger partial charge < -0.3 is 15.7 Å². The van der Waals surface area contributed by atoms with E-state index in [9.17, 15) is 9.59 Å². The van der Waals surface area contributed by atoms with Crippen molar-refractivity contribution in [3.8, 4) is 0 Å². The Morgan fingerprint density at radius 1 is 1.53 bits per heavy atom. The summed E-state index contributed by atoms with van der Waals surface area (Å²) in [5, 5.41) is 14.2. The lowest BCUT2D eigenvalue weighted by Gasteiger charge is -2.32. The fourth-order valence-electron chi connectivity index (χ4n) is 2.28. The number of carboxylic acids is 1. The molecule has 1 heterocycles. The molecule has 2 aliphatic rings. The molecule has 2 unspecified atom stereocenters. The van der Waals surface area contributed by atoms with Crippen LogP contribution in [0.5, 0.6) is 0 Å². The highest BCUT2D eigenvalue weighted by Gasteiger charge is 2.30. The summed E-state index contributed by atoms with van der Waals surface area (Å²) in [5.74, 6) is -0.950. The third-order valence-electron chi connectivity index (χ3n) is 3.18. The van der Waals surface area contributed by atoms with Crippen LogP contribution in [0.25, 0.3) is 0 Å². The first-order chi connectivity index (χ1) is 8.16. The van der Waals surface area contributed by atoms with Gasteiger partial charge in [0.05, 0.1) is 5.92 Å². The Labute approximate surface area is 99.6 Å². The van der Waals surface area contributed by atoms with Crippen LogP contribution in [-0.2, 0) is 9.59 Å². The van der Waals surface area contributed by atoms with Crippen molar-refractivity contribution in [2.24, 2.45) is 11.8 Å². The number of piperidine rings is 1. The van der Waals surface area contributed by atoms with Crippen LogP contribution in [-0.4, -0.2) is 30.1 Å². The van der Waals surface area contributed by atoms with Gasteiger partial charge in [-0.15, -0.1) is 0 Å². The molecule has 0 spiro atoms. The summed E-state index contributed by atoms with van der Waals surface area (Å²) in [7, 11) is 0. The molecule has 17 heavy (non-hydrogen) atoms. The Hall–Kier alpha value is -1.78. The Bertz CT molecular complexity index is 387. The zero-order valence-electron chi connectivity index (χ0n) is 9.48. The predicted molar refractivity (Wildman–Crippen MR) is 62.1 cm³/mol. The molecule has 3 N–H and O–H groups in total. The van der Waals surface area contributed by atoms with Gasteiger partial charge in [0.15, 0.2) is 0 Å². The number of nitrogens with one attached hydrogen (secondary N) is 2. The molecule has 0 bridgehead atoms. The molecular formula is C12H16N2O3. The number of carbonyl (C=O) groups is 2. The first kappa shape index (κ1) is 11.7. The topological polar surface area (TPSA) is 78.4 Å². The van der Waals surface area contributed by atoms with E-state index in [1.165, 1.54) is 5.70 Å². The first-order valence-corrected chi connectivity index (χ1v) is 5.77. The van der Waals surface area contributed by atoms with Crippen molar-refractivity contribution >= 4 is 11.9 Å². The number of rotatable bonds is 3. The highest BCUT2D eigenvalue weighted by Crippen LogP contribution is 2.29. The molecule has 0 aromatic rings.